The summed E-state index contributed by atoms with van der Waals surface area (Å²) < 4.78 is 36.2. The van der Waals surface area contributed by atoms with Crippen molar-refractivity contribution in [1.82, 2.24) is 4.90 Å². The number of halogens is 3. The number of nitrogens with zero attached hydrogens (tertiary/aromatic N) is 2. The van der Waals surface area contributed by atoms with Gasteiger partial charge in [0.05, 0.1) is 17.9 Å². The number of hydrogen-bond donors (Lipinski definition) is 0. The molecule has 0 bridgehead atoms. The van der Waals surface area contributed by atoms with Gasteiger partial charge in [-0.25, -0.2) is 0 Å². The van der Waals surface area contributed by atoms with Crippen molar-refractivity contribution in [2.45, 2.75) is 13.0 Å². The molecule has 0 fully saturated rings. The number of carbonyl (C=O) groups is 1. The highest BCUT2D eigenvalue weighted by atomic mass is 35.5. The molecular weight excluding hydrogens is 390 g/mol. The van der Waals surface area contributed by atoms with Gasteiger partial charge in [-0.3, -0.25) is 4.79 Å². The molecule has 0 N–H and O–H groups in total. The molecule has 1 aromatic heterocycles. The molecular formula is C20H13ClF2N2O3. The standard InChI is InChI=1S/C20H13ClF2N2O3/c21-13-1-2-14-15(10-27-16(14)9-13)12-7-11-3-5-25(6-4-24)19(26)18(11)17(8-12)28-20(22)23/h1-2,7-10,20H,3,5-6H2. The zero-order valence-electron chi connectivity index (χ0n) is 14.4. The van der Waals surface area contributed by atoms with Crippen molar-refractivity contribution < 1.29 is 22.7 Å². The summed E-state index contributed by atoms with van der Waals surface area (Å²) in [6.07, 6.45) is 1.94. The third-order valence-corrected chi connectivity index (χ3v) is 4.90. The van der Waals surface area contributed by atoms with Crippen LogP contribution in [0, 0.1) is 11.3 Å². The predicted molar refractivity (Wildman–Crippen MR) is 98.5 cm³/mol. The fraction of sp³-hybridized carbons (Fsp3) is 0.200. The Morgan fingerprint density at radius 3 is 2.89 bits per heavy atom. The molecule has 28 heavy (non-hydrogen) atoms. The summed E-state index contributed by atoms with van der Waals surface area (Å²) >= 11 is 5.98. The van der Waals surface area contributed by atoms with Crippen molar-refractivity contribution >= 4 is 28.5 Å². The van der Waals surface area contributed by atoms with Gasteiger partial charge in [0.25, 0.3) is 5.91 Å². The van der Waals surface area contributed by atoms with Crippen LogP contribution in [0.2, 0.25) is 5.02 Å². The van der Waals surface area contributed by atoms with Crippen LogP contribution in [-0.2, 0) is 6.42 Å². The maximum atomic E-state index is 13.0. The van der Waals surface area contributed by atoms with Crippen LogP contribution in [0.1, 0.15) is 15.9 Å². The summed E-state index contributed by atoms with van der Waals surface area (Å²) in [5.74, 6) is -0.702. The largest absolute Gasteiger partial charge is 0.464 e. The molecule has 0 saturated carbocycles. The van der Waals surface area contributed by atoms with Crippen LogP contribution >= 0.6 is 11.6 Å². The topological polar surface area (TPSA) is 66.5 Å². The SMILES string of the molecule is N#CCN1CCc2cc(-c3coc4cc(Cl)ccc34)cc(OC(F)F)c2C1=O. The molecule has 0 unspecified atom stereocenters. The van der Waals surface area contributed by atoms with E-state index in [0.717, 1.165) is 5.39 Å². The van der Waals surface area contributed by atoms with Gasteiger partial charge in [0.1, 0.15) is 17.9 Å². The molecule has 142 valence electrons. The van der Waals surface area contributed by atoms with Crippen LogP contribution in [0.5, 0.6) is 5.75 Å². The second-order valence-corrected chi connectivity index (χ2v) is 6.75. The van der Waals surface area contributed by atoms with Gasteiger partial charge >= 0.3 is 6.61 Å². The Morgan fingerprint density at radius 2 is 2.14 bits per heavy atom. The average molecular weight is 403 g/mol. The lowest BCUT2D eigenvalue weighted by Gasteiger charge is -2.28. The molecule has 2 heterocycles. The third kappa shape index (κ3) is 3.16. The first kappa shape index (κ1) is 18.3. The molecule has 2 aromatic carbocycles. The Morgan fingerprint density at radius 1 is 1.32 bits per heavy atom. The quantitative estimate of drug-likeness (QED) is 0.583. The first-order valence-corrected chi connectivity index (χ1v) is 8.81. The van der Waals surface area contributed by atoms with E-state index in [1.54, 1.807) is 24.3 Å². The van der Waals surface area contributed by atoms with Crippen LogP contribution < -0.4 is 4.74 Å². The molecule has 8 heteroatoms. The van der Waals surface area contributed by atoms with E-state index in [2.05, 4.69) is 4.74 Å². The zero-order chi connectivity index (χ0) is 19.8. The second-order valence-electron chi connectivity index (χ2n) is 6.31. The fourth-order valence-electron chi connectivity index (χ4n) is 3.43. The van der Waals surface area contributed by atoms with E-state index < -0.39 is 12.5 Å². The number of alkyl halides is 2. The fourth-order valence-corrected chi connectivity index (χ4v) is 3.60. The first-order chi connectivity index (χ1) is 13.5. The highest BCUT2D eigenvalue weighted by molar-refractivity contribution is 6.31. The Hall–Kier alpha value is -3.11. The van der Waals surface area contributed by atoms with E-state index in [9.17, 15) is 13.6 Å². The van der Waals surface area contributed by atoms with Gasteiger partial charge < -0.3 is 14.1 Å². The molecule has 0 saturated heterocycles. The van der Waals surface area contributed by atoms with Crippen molar-refractivity contribution in [3.05, 3.63) is 52.7 Å². The van der Waals surface area contributed by atoms with E-state index in [-0.39, 0.29) is 17.9 Å². The third-order valence-electron chi connectivity index (χ3n) is 4.66. The zero-order valence-corrected chi connectivity index (χ0v) is 15.2. The van der Waals surface area contributed by atoms with Gasteiger partial charge in [0, 0.05) is 28.6 Å². The molecule has 0 atom stereocenters. The monoisotopic (exact) mass is 402 g/mol. The van der Waals surface area contributed by atoms with Gasteiger partial charge in [-0.05, 0) is 41.8 Å². The summed E-state index contributed by atoms with van der Waals surface area (Å²) in [5, 5.41) is 10.2. The highest BCUT2D eigenvalue weighted by Gasteiger charge is 2.30. The summed E-state index contributed by atoms with van der Waals surface area (Å²) in [7, 11) is 0. The maximum absolute atomic E-state index is 13.0. The number of amides is 1. The smallest absolute Gasteiger partial charge is 0.387 e. The second kappa shape index (κ2) is 7.13. The summed E-state index contributed by atoms with van der Waals surface area (Å²) in [6.45, 7) is -2.86. The normalized spacial score (nSPS) is 13.7. The van der Waals surface area contributed by atoms with Crippen LogP contribution in [0.25, 0.3) is 22.1 Å². The minimum Gasteiger partial charge on any atom is -0.464 e. The van der Waals surface area contributed by atoms with E-state index in [1.807, 2.05) is 6.07 Å². The Kier molecular flexibility index (Phi) is 4.65. The van der Waals surface area contributed by atoms with Gasteiger partial charge in [-0.1, -0.05) is 11.6 Å². The van der Waals surface area contributed by atoms with Crippen molar-refractivity contribution in [2.24, 2.45) is 0 Å². The van der Waals surface area contributed by atoms with Crippen molar-refractivity contribution in [3.63, 3.8) is 0 Å². The lowest BCUT2D eigenvalue weighted by Crippen LogP contribution is -2.38. The Bertz CT molecular complexity index is 1120. The molecule has 0 spiro atoms. The molecule has 5 nitrogen and oxygen atoms in total. The van der Waals surface area contributed by atoms with Gasteiger partial charge in [-0.15, -0.1) is 0 Å². The minimum absolute atomic E-state index is 0.0707. The van der Waals surface area contributed by atoms with E-state index in [0.29, 0.717) is 40.3 Å². The van der Waals surface area contributed by atoms with Crippen molar-refractivity contribution in [2.75, 3.05) is 13.1 Å². The molecule has 3 aromatic rings. The highest BCUT2D eigenvalue weighted by Crippen LogP contribution is 2.38. The van der Waals surface area contributed by atoms with Crippen LogP contribution in [-0.4, -0.2) is 30.5 Å². The number of ether oxygens (including phenoxy) is 1. The maximum Gasteiger partial charge on any atom is 0.387 e. The van der Waals surface area contributed by atoms with Crippen LogP contribution in [0.15, 0.2) is 41.0 Å². The van der Waals surface area contributed by atoms with Crippen LogP contribution in [0.3, 0.4) is 0 Å². The van der Waals surface area contributed by atoms with Gasteiger partial charge in [0.2, 0.25) is 0 Å². The number of furan rings is 1. The minimum atomic E-state index is -3.08. The number of fused-ring (bicyclic) bond motifs is 2. The van der Waals surface area contributed by atoms with E-state index in [1.165, 1.54) is 17.2 Å². The number of carbonyl (C=O) groups excluding carboxylic acids is 1. The number of hydrogen-bond acceptors (Lipinski definition) is 4. The van der Waals surface area contributed by atoms with Crippen LogP contribution in [0.4, 0.5) is 8.78 Å². The number of benzene rings is 2. The first-order valence-electron chi connectivity index (χ1n) is 8.43. The number of nitriles is 1. The molecule has 1 aliphatic rings. The lowest BCUT2D eigenvalue weighted by molar-refractivity contribution is -0.0503. The summed E-state index contributed by atoms with van der Waals surface area (Å²) in [6, 6.07) is 10.2. The Balaban J connectivity index is 1.86. The lowest BCUT2D eigenvalue weighted by atomic mass is 9.93. The summed E-state index contributed by atoms with van der Waals surface area (Å²) in [5.41, 5.74) is 2.50. The van der Waals surface area contributed by atoms with Crippen molar-refractivity contribution in [1.29, 1.82) is 5.26 Å². The Labute approximate surface area is 163 Å². The van der Waals surface area contributed by atoms with Gasteiger partial charge in [0.15, 0.2) is 0 Å². The molecule has 0 radical (unpaired) electrons. The average Bonchev–Trinajstić information content (AvgIpc) is 3.06. The van der Waals surface area contributed by atoms with Gasteiger partial charge in [-0.2, -0.15) is 14.0 Å². The van der Waals surface area contributed by atoms with E-state index in [4.69, 9.17) is 21.3 Å². The molecule has 1 amide bonds. The molecule has 4 rings (SSSR count). The molecule has 1 aliphatic heterocycles. The molecule has 0 aliphatic carbocycles. The number of rotatable bonds is 4. The predicted octanol–water partition coefficient (Wildman–Crippen LogP) is 4.88. The summed E-state index contributed by atoms with van der Waals surface area (Å²) in [4.78, 5) is 14.0. The van der Waals surface area contributed by atoms with Crippen molar-refractivity contribution in [3.8, 4) is 22.9 Å². The van der Waals surface area contributed by atoms with E-state index >= 15 is 0 Å².